The second-order valence-electron chi connectivity index (χ2n) is 6.09. The fraction of sp³-hybridized carbons (Fsp3) is 0.263. The minimum absolute atomic E-state index is 0.162. The summed E-state index contributed by atoms with van der Waals surface area (Å²) in [4.78, 5) is 19.4. The molecule has 0 atom stereocenters. The average Bonchev–Trinajstić information content (AvgIpc) is 3.25. The first kappa shape index (κ1) is 16.9. The van der Waals surface area contributed by atoms with E-state index in [1.807, 2.05) is 43.3 Å². The molecule has 2 aliphatic rings. The van der Waals surface area contributed by atoms with Gasteiger partial charge in [0.1, 0.15) is 5.76 Å². The van der Waals surface area contributed by atoms with Crippen LogP contribution < -0.4 is 10.2 Å². The molecular formula is C19H19N3O3S. The van der Waals surface area contributed by atoms with Crippen LogP contribution in [0.3, 0.4) is 0 Å². The van der Waals surface area contributed by atoms with E-state index in [9.17, 15) is 4.79 Å². The number of anilines is 1. The van der Waals surface area contributed by atoms with Crippen LogP contribution in [0.2, 0.25) is 0 Å². The van der Waals surface area contributed by atoms with Crippen LogP contribution in [0.1, 0.15) is 11.3 Å². The minimum atomic E-state index is -0.162. The van der Waals surface area contributed by atoms with Gasteiger partial charge in [0.25, 0.3) is 5.91 Å². The lowest BCUT2D eigenvalue weighted by Crippen LogP contribution is -2.35. The monoisotopic (exact) mass is 369 g/mol. The Morgan fingerprint density at radius 3 is 2.69 bits per heavy atom. The van der Waals surface area contributed by atoms with Crippen molar-refractivity contribution in [2.45, 2.75) is 6.92 Å². The summed E-state index contributed by atoms with van der Waals surface area (Å²) in [5, 5.41) is 3.37. The second-order valence-corrected chi connectivity index (χ2v) is 7.12. The number of thioether (sulfide) groups is 1. The average molecular weight is 369 g/mol. The highest BCUT2D eigenvalue weighted by atomic mass is 32.2. The van der Waals surface area contributed by atoms with Crippen LogP contribution in [0.25, 0.3) is 6.08 Å². The van der Waals surface area contributed by atoms with E-state index in [1.54, 1.807) is 6.08 Å². The molecule has 3 heterocycles. The molecule has 0 bridgehead atoms. The van der Waals surface area contributed by atoms with Gasteiger partial charge < -0.3 is 19.4 Å². The lowest BCUT2D eigenvalue weighted by atomic mass is 10.2. The highest BCUT2D eigenvalue weighted by Gasteiger charge is 2.24. The van der Waals surface area contributed by atoms with Gasteiger partial charge in [0, 0.05) is 25.2 Å². The molecule has 1 N–H and O–H groups in total. The number of rotatable bonds is 3. The molecule has 0 spiro atoms. The summed E-state index contributed by atoms with van der Waals surface area (Å²) in [5.74, 6) is 1.29. The molecule has 7 heteroatoms. The Bertz CT molecular complexity index is 864. The highest BCUT2D eigenvalue weighted by molar-refractivity contribution is 8.18. The molecule has 1 aromatic carbocycles. The van der Waals surface area contributed by atoms with E-state index < -0.39 is 0 Å². The lowest BCUT2D eigenvalue weighted by Gasteiger charge is -2.26. The van der Waals surface area contributed by atoms with E-state index in [1.165, 1.54) is 17.3 Å². The largest absolute Gasteiger partial charge is 0.441 e. The molecule has 0 saturated carbocycles. The molecule has 1 aromatic heterocycles. The van der Waals surface area contributed by atoms with E-state index in [-0.39, 0.29) is 5.91 Å². The quantitative estimate of drug-likeness (QED) is 0.841. The highest BCUT2D eigenvalue weighted by Crippen LogP contribution is 2.29. The number of aryl methyl sites for hydroxylation is 1. The van der Waals surface area contributed by atoms with Gasteiger partial charge in [0.05, 0.1) is 23.8 Å². The van der Waals surface area contributed by atoms with Crippen molar-refractivity contribution in [1.82, 2.24) is 5.32 Å². The van der Waals surface area contributed by atoms with Crippen LogP contribution in [0.15, 0.2) is 50.7 Å². The summed E-state index contributed by atoms with van der Waals surface area (Å²) in [7, 11) is 0. The first-order valence-electron chi connectivity index (χ1n) is 8.46. The van der Waals surface area contributed by atoms with Gasteiger partial charge in [-0.2, -0.15) is 0 Å². The van der Waals surface area contributed by atoms with E-state index in [4.69, 9.17) is 9.15 Å². The number of nitrogens with one attached hydrogen (secondary N) is 1. The maximum atomic E-state index is 12.2. The molecule has 2 aromatic rings. The van der Waals surface area contributed by atoms with Gasteiger partial charge in [0.2, 0.25) is 0 Å². The lowest BCUT2D eigenvalue weighted by molar-refractivity contribution is -0.115. The number of carbonyl (C=O) groups is 1. The van der Waals surface area contributed by atoms with E-state index in [2.05, 4.69) is 15.2 Å². The zero-order valence-electron chi connectivity index (χ0n) is 14.4. The molecule has 1 amide bonds. The number of benzene rings is 1. The van der Waals surface area contributed by atoms with Gasteiger partial charge in [-0.25, -0.2) is 4.99 Å². The fourth-order valence-corrected chi connectivity index (χ4v) is 3.54. The number of amidine groups is 1. The second kappa shape index (κ2) is 7.39. The van der Waals surface area contributed by atoms with Gasteiger partial charge in [-0.15, -0.1) is 0 Å². The van der Waals surface area contributed by atoms with Crippen LogP contribution in [0, 0.1) is 6.92 Å². The maximum absolute atomic E-state index is 12.2. The van der Waals surface area contributed by atoms with Gasteiger partial charge in [-0.1, -0.05) is 17.7 Å². The van der Waals surface area contributed by atoms with Crippen molar-refractivity contribution < 1.29 is 13.9 Å². The Balaban J connectivity index is 1.48. The first-order valence-corrected chi connectivity index (χ1v) is 9.28. The van der Waals surface area contributed by atoms with Gasteiger partial charge in [-0.3, -0.25) is 4.79 Å². The van der Waals surface area contributed by atoms with Crippen LogP contribution in [0.4, 0.5) is 11.6 Å². The Morgan fingerprint density at radius 1 is 1.15 bits per heavy atom. The summed E-state index contributed by atoms with van der Waals surface area (Å²) in [5.41, 5.74) is 1.98. The van der Waals surface area contributed by atoms with E-state index in [0.29, 0.717) is 29.0 Å². The molecule has 134 valence electrons. The molecule has 2 fully saturated rings. The van der Waals surface area contributed by atoms with Crippen LogP contribution >= 0.6 is 11.8 Å². The molecule has 6 nitrogen and oxygen atoms in total. The Hall–Kier alpha value is -2.51. The zero-order chi connectivity index (χ0) is 17.9. The van der Waals surface area contributed by atoms with Gasteiger partial charge in [0.15, 0.2) is 11.1 Å². The summed E-state index contributed by atoms with van der Waals surface area (Å²) in [6.45, 7) is 5.05. The summed E-state index contributed by atoms with van der Waals surface area (Å²) < 4.78 is 11.2. The van der Waals surface area contributed by atoms with Crippen LogP contribution in [0.5, 0.6) is 0 Å². The van der Waals surface area contributed by atoms with Crippen molar-refractivity contribution in [2.24, 2.45) is 4.99 Å². The molecule has 0 aliphatic carbocycles. The van der Waals surface area contributed by atoms with Crippen molar-refractivity contribution in [2.75, 3.05) is 31.2 Å². The number of hydrogen-bond donors (Lipinski definition) is 1. The number of carbonyl (C=O) groups excluding carboxylic acids is 1. The summed E-state index contributed by atoms with van der Waals surface area (Å²) in [6, 6.07) is 11.6. The van der Waals surface area contributed by atoms with Crippen molar-refractivity contribution in [3.8, 4) is 0 Å². The summed E-state index contributed by atoms with van der Waals surface area (Å²) >= 11 is 1.31. The van der Waals surface area contributed by atoms with E-state index >= 15 is 0 Å². The predicted molar refractivity (Wildman–Crippen MR) is 104 cm³/mol. The molecular weight excluding hydrogens is 350 g/mol. The normalized spacial score (nSPS) is 20.8. The van der Waals surface area contributed by atoms with Crippen molar-refractivity contribution in [3.63, 3.8) is 0 Å². The van der Waals surface area contributed by atoms with E-state index in [0.717, 1.165) is 24.7 Å². The fourth-order valence-electron chi connectivity index (χ4n) is 2.72. The molecule has 4 rings (SSSR count). The number of hydrogen-bond acceptors (Lipinski definition) is 6. The third kappa shape index (κ3) is 3.84. The van der Waals surface area contributed by atoms with Crippen molar-refractivity contribution in [3.05, 3.63) is 52.6 Å². The van der Waals surface area contributed by atoms with Gasteiger partial charge >= 0.3 is 0 Å². The SMILES string of the molecule is Cc1ccc(N=C2NC(=O)/C(=C\c3ccc(N4CCOCC4)o3)S2)cc1. The van der Waals surface area contributed by atoms with Gasteiger partial charge in [-0.05, 0) is 36.9 Å². The smallest absolute Gasteiger partial charge is 0.264 e. The number of aliphatic imine (C=N–C) groups is 1. The third-order valence-electron chi connectivity index (χ3n) is 4.12. The minimum Gasteiger partial charge on any atom is -0.441 e. The van der Waals surface area contributed by atoms with Crippen LogP contribution in [-0.4, -0.2) is 37.4 Å². The number of amides is 1. The maximum Gasteiger partial charge on any atom is 0.264 e. The number of ether oxygens (including phenoxy) is 1. The molecule has 2 aliphatic heterocycles. The van der Waals surface area contributed by atoms with Crippen molar-refractivity contribution >= 4 is 40.5 Å². The number of furan rings is 1. The zero-order valence-corrected chi connectivity index (χ0v) is 15.2. The predicted octanol–water partition coefficient (Wildman–Crippen LogP) is 3.32. The van der Waals surface area contributed by atoms with Crippen LogP contribution in [-0.2, 0) is 9.53 Å². The number of morpholine rings is 1. The summed E-state index contributed by atoms with van der Waals surface area (Å²) in [6.07, 6.45) is 1.75. The Labute approximate surface area is 155 Å². The molecule has 0 radical (unpaired) electrons. The molecule has 26 heavy (non-hydrogen) atoms. The Kier molecular flexibility index (Phi) is 4.81. The topological polar surface area (TPSA) is 67.1 Å². The third-order valence-corrected chi connectivity index (χ3v) is 5.03. The van der Waals surface area contributed by atoms with Crippen molar-refractivity contribution in [1.29, 1.82) is 0 Å². The molecule has 0 unspecified atom stereocenters. The Morgan fingerprint density at radius 2 is 1.92 bits per heavy atom. The molecule has 2 saturated heterocycles. The first-order chi connectivity index (χ1) is 12.7. The number of nitrogens with zero attached hydrogens (tertiary/aromatic N) is 2. The standard InChI is InChI=1S/C19H19N3O3S/c1-13-2-4-14(5-3-13)20-19-21-18(23)16(26-19)12-15-6-7-17(25-15)22-8-10-24-11-9-22/h2-7,12H,8-11H2,1H3,(H,20,21,23)/b16-12+.